The molecule has 0 saturated carbocycles. The quantitative estimate of drug-likeness (QED) is 0.0715. The molecule has 24 nitrogen and oxygen atoms in total. The lowest BCUT2D eigenvalue weighted by Crippen LogP contribution is -2.38. The van der Waals surface area contributed by atoms with E-state index in [1.807, 2.05) is 0 Å². The van der Waals surface area contributed by atoms with Crippen molar-refractivity contribution in [1.82, 2.24) is 39.0 Å². The van der Waals surface area contributed by atoms with E-state index in [1.54, 1.807) is 7.05 Å². The summed E-state index contributed by atoms with van der Waals surface area (Å²) in [7, 11) is -7.30. The van der Waals surface area contributed by atoms with E-state index in [1.165, 1.54) is 24.3 Å². The number of methoxy groups -OCH3 is 1. The molecule has 0 aliphatic carbocycles. The number of nitrogens with two attached hydrogens (primary N) is 1. The van der Waals surface area contributed by atoms with Crippen molar-refractivity contribution in [3.05, 3.63) is 29.3 Å². The maximum atomic E-state index is 13.3. The van der Waals surface area contributed by atoms with Gasteiger partial charge in [-0.3, -0.25) is 32.5 Å². The van der Waals surface area contributed by atoms with Crippen LogP contribution in [0.1, 0.15) is 12.5 Å². The number of hydrogen-bond donors (Lipinski definition) is 8. The van der Waals surface area contributed by atoms with Crippen LogP contribution in [-0.2, 0) is 36.9 Å². The summed E-state index contributed by atoms with van der Waals surface area (Å²) in [5, 5.41) is 24.2. The molecular weight excluding hydrogens is 690 g/mol. The summed E-state index contributed by atoms with van der Waals surface area (Å²) in [6.45, 7) is -1.62. The van der Waals surface area contributed by atoms with Crippen LogP contribution in [0.3, 0.4) is 0 Å². The molecule has 0 bridgehead atoms. The minimum absolute atomic E-state index is 0.0606. The number of phosphoric ester groups is 2. The van der Waals surface area contributed by atoms with Crippen LogP contribution < -0.4 is 16.6 Å². The Morgan fingerprint density at radius 2 is 1.60 bits per heavy atom. The zero-order valence-corrected chi connectivity index (χ0v) is 26.6. The first-order valence-electron chi connectivity index (χ1n) is 13.8. The molecule has 4 aromatic heterocycles. The third kappa shape index (κ3) is 6.58. The van der Waals surface area contributed by atoms with Crippen molar-refractivity contribution in [2.45, 2.75) is 49.1 Å². The molecule has 2 aliphatic heterocycles. The Morgan fingerprint density at radius 1 is 0.938 bits per heavy atom. The third-order valence-electron chi connectivity index (χ3n) is 7.55. The number of aromatic nitrogens is 8. The van der Waals surface area contributed by atoms with E-state index >= 15 is 0 Å². The number of H-pyrrole nitrogens is 1. The molecule has 0 aromatic carbocycles. The SMILES string of the molecule is CNc1ncnc2c1ncn2[C@@H]1O[C@H](COP(=O)(O)O)C(OP(=O)(O)OC[C@H]2O[C@@H](n3cnc4c(=O)[nH]c(N)nc43)C(O)C2O)C1OC. The predicted molar refractivity (Wildman–Crippen MR) is 157 cm³/mol. The number of anilines is 2. The third-order valence-corrected chi connectivity index (χ3v) is 9.02. The van der Waals surface area contributed by atoms with Gasteiger partial charge in [-0.2, -0.15) is 4.98 Å². The molecule has 5 unspecified atom stereocenters. The van der Waals surface area contributed by atoms with Gasteiger partial charge in [-0.25, -0.2) is 29.1 Å². The largest absolute Gasteiger partial charge is 0.472 e. The molecule has 2 aliphatic rings. The molecule has 9 N–H and O–H groups in total. The minimum Gasteiger partial charge on any atom is -0.387 e. The molecule has 0 radical (unpaired) electrons. The van der Waals surface area contributed by atoms with Crippen LogP contribution in [0.2, 0.25) is 0 Å². The molecule has 6 heterocycles. The van der Waals surface area contributed by atoms with Crippen molar-refractivity contribution >= 4 is 49.7 Å². The number of aromatic amines is 1. The van der Waals surface area contributed by atoms with Gasteiger partial charge in [0.15, 0.2) is 35.1 Å². The van der Waals surface area contributed by atoms with Crippen molar-refractivity contribution in [1.29, 1.82) is 0 Å². The van der Waals surface area contributed by atoms with E-state index in [-0.39, 0.29) is 22.8 Å². The number of aliphatic hydroxyl groups is 2. The van der Waals surface area contributed by atoms with Crippen LogP contribution in [0.15, 0.2) is 23.8 Å². The second-order valence-corrected chi connectivity index (χ2v) is 13.1. The van der Waals surface area contributed by atoms with Gasteiger partial charge in [0, 0.05) is 14.2 Å². The monoisotopic (exact) mass is 720 g/mol. The summed E-state index contributed by atoms with van der Waals surface area (Å²) in [5.74, 6) is 0.141. The molecular formula is C22H30N10O14P2. The van der Waals surface area contributed by atoms with Crippen LogP contribution in [0.25, 0.3) is 22.3 Å². The number of aliphatic hydroxyl groups excluding tert-OH is 2. The van der Waals surface area contributed by atoms with E-state index in [0.717, 1.165) is 10.9 Å². The summed E-state index contributed by atoms with van der Waals surface area (Å²) in [4.78, 5) is 64.2. The van der Waals surface area contributed by atoms with Gasteiger partial charge < -0.3 is 50.2 Å². The number of imidazole rings is 2. The average molecular weight is 720 g/mol. The Kier molecular flexibility index (Phi) is 9.38. The zero-order chi connectivity index (χ0) is 34.5. The Hall–Kier alpha value is -3.48. The number of hydrogen-bond acceptors (Lipinski definition) is 18. The molecule has 6 rings (SSSR count). The normalized spacial score (nSPS) is 29.1. The van der Waals surface area contributed by atoms with Crippen LogP contribution in [0.5, 0.6) is 0 Å². The van der Waals surface area contributed by atoms with Crippen LogP contribution in [-0.4, -0.2) is 128 Å². The number of nitrogen functional groups attached to an aromatic ring is 1. The number of phosphoric acid groups is 2. The van der Waals surface area contributed by atoms with Gasteiger partial charge in [-0.1, -0.05) is 0 Å². The highest BCUT2D eigenvalue weighted by Gasteiger charge is 2.52. The van der Waals surface area contributed by atoms with Crippen molar-refractivity contribution in [3.8, 4) is 0 Å². The first-order valence-corrected chi connectivity index (χ1v) is 16.9. The molecule has 2 fully saturated rings. The van der Waals surface area contributed by atoms with Gasteiger partial charge in [-0.15, -0.1) is 0 Å². The lowest BCUT2D eigenvalue weighted by atomic mass is 10.1. The minimum atomic E-state index is -5.13. The van der Waals surface area contributed by atoms with E-state index in [4.69, 9.17) is 29.0 Å². The summed E-state index contributed by atoms with van der Waals surface area (Å²) >= 11 is 0. The van der Waals surface area contributed by atoms with Crippen LogP contribution in [0, 0.1) is 0 Å². The summed E-state index contributed by atoms with van der Waals surface area (Å²) in [6, 6.07) is 0. The van der Waals surface area contributed by atoms with Gasteiger partial charge in [-0.05, 0) is 0 Å². The van der Waals surface area contributed by atoms with Gasteiger partial charge in [0.1, 0.15) is 48.5 Å². The van der Waals surface area contributed by atoms with Crippen molar-refractivity contribution in [3.63, 3.8) is 0 Å². The lowest BCUT2D eigenvalue weighted by molar-refractivity contribution is -0.0582. The molecule has 26 heteroatoms. The Morgan fingerprint density at radius 3 is 2.29 bits per heavy atom. The standard InChI is InChI=1S/C22H30N10O14P2/c1-24-16-10-17(26-5-25-16)31(6-27-10)21-15(41-2)14(9(45-21)4-42-47(36,37)38)46-48(39,40)43-3-8-12(33)13(34)20(44-8)32-7-28-11-18(32)29-22(23)30-19(11)35/h5-9,12-15,20-21,33-34H,3-4H2,1-2H3,(H,39,40)(H,24,25,26)(H2,36,37,38)(H3,23,29,30,35)/t8-,9-,12?,13?,14?,15?,20-,21-/m1/s1. The predicted octanol–water partition coefficient (Wildman–Crippen LogP) is -2.27. The van der Waals surface area contributed by atoms with E-state index in [9.17, 15) is 38.8 Å². The molecule has 0 spiro atoms. The first kappa shape index (κ1) is 34.4. The fourth-order valence-electron chi connectivity index (χ4n) is 5.41. The number of rotatable bonds is 12. The smallest absolute Gasteiger partial charge is 0.387 e. The Bertz CT molecular complexity index is 1950. The van der Waals surface area contributed by atoms with Crippen molar-refractivity contribution in [2.24, 2.45) is 0 Å². The summed E-state index contributed by atoms with van der Waals surface area (Å²) in [6.07, 6.45) is -7.74. The molecule has 9 atom stereocenters. The number of fused-ring (bicyclic) bond motifs is 2. The van der Waals surface area contributed by atoms with E-state index in [0.29, 0.717) is 11.3 Å². The fraction of sp³-hybridized carbons (Fsp3) is 0.545. The molecule has 48 heavy (non-hydrogen) atoms. The van der Waals surface area contributed by atoms with Gasteiger partial charge in [0.05, 0.1) is 25.9 Å². The maximum absolute atomic E-state index is 13.3. The van der Waals surface area contributed by atoms with E-state index in [2.05, 4.69) is 39.7 Å². The highest BCUT2D eigenvalue weighted by molar-refractivity contribution is 7.47. The highest BCUT2D eigenvalue weighted by Crippen LogP contribution is 2.50. The van der Waals surface area contributed by atoms with Crippen molar-refractivity contribution < 1.29 is 61.8 Å². The number of nitrogens with zero attached hydrogens (tertiary/aromatic N) is 7. The molecule has 4 aromatic rings. The highest BCUT2D eigenvalue weighted by atomic mass is 31.2. The molecule has 262 valence electrons. The second kappa shape index (κ2) is 13.1. The Labute approximate surface area is 267 Å². The number of nitrogens with one attached hydrogen (secondary N) is 2. The van der Waals surface area contributed by atoms with Gasteiger partial charge >= 0.3 is 15.6 Å². The molecule has 2 saturated heterocycles. The van der Waals surface area contributed by atoms with Gasteiger partial charge in [0.2, 0.25) is 5.95 Å². The first-order chi connectivity index (χ1) is 22.7. The molecule has 0 amide bonds. The summed E-state index contributed by atoms with van der Waals surface area (Å²) in [5.41, 5.74) is 5.37. The van der Waals surface area contributed by atoms with Crippen LogP contribution in [0.4, 0.5) is 11.8 Å². The van der Waals surface area contributed by atoms with Crippen molar-refractivity contribution in [2.75, 3.05) is 38.4 Å². The second-order valence-electron chi connectivity index (χ2n) is 10.5. The summed E-state index contributed by atoms with van der Waals surface area (Å²) < 4.78 is 59.6. The topological polar surface area (TPSA) is 336 Å². The Balaban J connectivity index is 1.20. The number of ether oxygens (including phenoxy) is 3. The van der Waals surface area contributed by atoms with Crippen LogP contribution >= 0.6 is 15.6 Å². The van der Waals surface area contributed by atoms with E-state index < -0.39 is 83.5 Å². The zero-order valence-electron chi connectivity index (χ0n) is 24.8. The lowest BCUT2D eigenvalue weighted by Gasteiger charge is -2.26. The maximum Gasteiger partial charge on any atom is 0.472 e. The fourth-order valence-corrected chi connectivity index (χ4v) is 6.71. The average Bonchev–Trinajstić information content (AvgIpc) is 3.79. The van der Waals surface area contributed by atoms with Gasteiger partial charge in [0.25, 0.3) is 5.56 Å².